The van der Waals surface area contributed by atoms with Crippen LogP contribution in [0.5, 0.6) is 0 Å². The number of aliphatic imine (C=N–C) groups is 1. The Labute approximate surface area is 216 Å². The molecule has 0 aromatic rings. The van der Waals surface area contributed by atoms with Crippen molar-refractivity contribution < 1.29 is 14.4 Å². The van der Waals surface area contributed by atoms with Gasteiger partial charge in [-0.05, 0) is 32.1 Å². The Balaban J connectivity index is 1.87. The molecule has 3 N–H and O–H groups in total. The smallest absolute Gasteiger partial charge is 0.360 e. The van der Waals surface area contributed by atoms with E-state index >= 15 is 0 Å². The molecule has 0 aromatic heterocycles. The van der Waals surface area contributed by atoms with E-state index in [0.29, 0.717) is 17.6 Å². The van der Waals surface area contributed by atoms with Gasteiger partial charge in [0.05, 0.1) is 6.20 Å². The lowest BCUT2D eigenvalue weighted by atomic mass is 10.0. The number of nitrogens with two attached hydrogens (primary N) is 1. The number of hydrogen-bond acceptors (Lipinski definition) is 3. The van der Waals surface area contributed by atoms with Crippen molar-refractivity contribution in [3.63, 3.8) is 0 Å². The van der Waals surface area contributed by atoms with Gasteiger partial charge in [0, 0.05) is 13.0 Å². The number of carbonyl (C=O) groups is 1. The van der Waals surface area contributed by atoms with Crippen LogP contribution in [0, 0.1) is 0 Å². The van der Waals surface area contributed by atoms with Crippen LogP contribution in [0.4, 0.5) is 0 Å². The molecule has 0 aromatic carbocycles. The maximum atomic E-state index is 11.3. The molecule has 0 amide bonds. The first kappa shape index (κ1) is 31.6. The van der Waals surface area contributed by atoms with E-state index in [1.165, 1.54) is 116 Å². The molecule has 0 spiro atoms. The molecular formula is C30H56N3O2+. The first-order valence-corrected chi connectivity index (χ1v) is 14.8. The summed E-state index contributed by atoms with van der Waals surface area (Å²) in [5.41, 5.74) is 5.74. The summed E-state index contributed by atoms with van der Waals surface area (Å²) in [6, 6.07) is 0. The second-order valence-electron chi connectivity index (χ2n) is 10.4. The van der Waals surface area contributed by atoms with E-state index in [1.807, 2.05) is 6.20 Å². The highest BCUT2D eigenvalue weighted by Gasteiger charge is 2.36. The predicted molar refractivity (Wildman–Crippen MR) is 150 cm³/mol. The normalized spacial score (nSPS) is 17.5. The summed E-state index contributed by atoms with van der Waals surface area (Å²) in [6.45, 7) is 3.39. The molecule has 1 atom stereocenters. The van der Waals surface area contributed by atoms with Gasteiger partial charge in [0.1, 0.15) is 12.7 Å². The van der Waals surface area contributed by atoms with Crippen LogP contribution in [0.25, 0.3) is 0 Å². The quantitative estimate of drug-likeness (QED) is 0.0771. The maximum absolute atomic E-state index is 11.3. The van der Waals surface area contributed by atoms with Gasteiger partial charge in [0.25, 0.3) is 0 Å². The monoisotopic (exact) mass is 490 g/mol. The predicted octanol–water partition coefficient (Wildman–Crippen LogP) is 8.11. The van der Waals surface area contributed by atoms with Crippen molar-refractivity contribution in [3.05, 3.63) is 24.6 Å². The molecule has 0 aliphatic carbocycles. The third-order valence-corrected chi connectivity index (χ3v) is 7.20. The Kier molecular flexibility index (Phi) is 19.7. The summed E-state index contributed by atoms with van der Waals surface area (Å²) in [4.78, 5) is 15.8. The van der Waals surface area contributed by atoms with Crippen LogP contribution in [-0.4, -0.2) is 41.0 Å². The Morgan fingerprint density at radius 1 is 0.829 bits per heavy atom. The zero-order valence-electron chi connectivity index (χ0n) is 22.9. The molecule has 5 heteroatoms. The lowest BCUT2D eigenvalue weighted by molar-refractivity contribution is -0.778. The minimum Gasteiger partial charge on any atom is -0.477 e. The molecule has 202 valence electrons. The molecular weight excluding hydrogens is 434 g/mol. The number of allylic oxidation sites excluding steroid dienone is 2. The number of nitrogens with zero attached hydrogens (tertiary/aromatic N) is 2. The molecule has 1 rings (SSSR count). The van der Waals surface area contributed by atoms with E-state index in [-0.39, 0.29) is 6.54 Å². The third kappa shape index (κ3) is 16.0. The van der Waals surface area contributed by atoms with E-state index < -0.39 is 5.97 Å². The van der Waals surface area contributed by atoms with Crippen molar-refractivity contribution >= 4 is 11.8 Å². The van der Waals surface area contributed by atoms with E-state index in [9.17, 15) is 9.90 Å². The van der Waals surface area contributed by atoms with Crippen LogP contribution >= 0.6 is 0 Å². The van der Waals surface area contributed by atoms with Crippen LogP contribution in [0.3, 0.4) is 0 Å². The van der Waals surface area contributed by atoms with Gasteiger partial charge in [-0.25, -0.2) is 14.3 Å². The average Bonchev–Trinajstić information content (AvgIpc) is 3.21. The van der Waals surface area contributed by atoms with Gasteiger partial charge in [-0.15, -0.1) is 0 Å². The van der Waals surface area contributed by atoms with Crippen LogP contribution < -0.4 is 5.73 Å². The highest BCUT2D eigenvalue weighted by molar-refractivity contribution is 5.81. The van der Waals surface area contributed by atoms with Crippen LogP contribution in [0.15, 0.2) is 29.5 Å². The zero-order valence-corrected chi connectivity index (χ0v) is 22.9. The minimum absolute atomic E-state index is 0.0448. The standard InChI is InChI=1S/C30H55N3O2/c1-2-3-4-5-6-7-8-9-10-11-12-13-14-15-16-17-18-19-20-21-22-23-29-32-25-27-33(29,26-24-31)28-30(34)35/h7-8,25,27H,2-6,9-24,26,28,31H2,1H3/p+1/b8-7+. The van der Waals surface area contributed by atoms with Gasteiger partial charge < -0.3 is 10.8 Å². The topological polar surface area (TPSA) is 75.7 Å². The average molecular weight is 491 g/mol. The van der Waals surface area contributed by atoms with Crippen molar-refractivity contribution in [2.75, 3.05) is 19.6 Å². The molecule has 5 nitrogen and oxygen atoms in total. The number of carboxylic acid groups (broad SMARTS) is 1. The van der Waals surface area contributed by atoms with E-state index in [0.717, 1.165) is 18.7 Å². The number of rotatable bonds is 25. The second-order valence-corrected chi connectivity index (χ2v) is 10.4. The second kappa shape index (κ2) is 21.8. The van der Waals surface area contributed by atoms with Gasteiger partial charge in [-0.2, -0.15) is 0 Å². The molecule has 0 bridgehead atoms. The van der Waals surface area contributed by atoms with Crippen molar-refractivity contribution in [2.45, 2.75) is 135 Å². The molecule has 1 heterocycles. The number of quaternary nitrogens is 1. The van der Waals surface area contributed by atoms with Gasteiger partial charge in [-0.3, -0.25) is 0 Å². The summed E-state index contributed by atoms with van der Waals surface area (Å²) in [5, 5.41) is 9.28. The van der Waals surface area contributed by atoms with Crippen LogP contribution in [0.1, 0.15) is 135 Å². The largest absolute Gasteiger partial charge is 0.477 e. The van der Waals surface area contributed by atoms with E-state index in [4.69, 9.17) is 5.73 Å². The lowest BCUT2D eigenvalue weighted by Gasteiger charge is -2.30. The Bertz CT molecular complexity index is 615. The number of aliphatic carboxylic acids is 1. The van der Waals surface area contributed by atoms with Crippen molar-refractivity contribution in [2.24, 2.45) is 10.7 Å². The Morgan fingerprint density at radius 2 is 1.31 bits per heavy atom. The molecule has 1 aliphatic heterocycles. The highest BCUT2D eigenvalue weighted by atomic mass is 16.4. The number of unbranched alkanes of at least 4 members (excludes halogenated alkanes) is 17. The van der Waals surface area contributed by atoms with Crippen molar-refractivity contribution in [3.8, 4) is 0 Å². The first-order chi connectivity index (χ1) is 17.1. The fourth-order valence-electron chi connectivity index (χ4n) is 5.05. The van der Waals surface area contributed by atoms with Crippen molar-refractivity contribution in [1.82, 2.24) is 0 Å². The van der Waals surface area contributed by atoms with Gasteiger partial charge in [0.15, 0.2) is 6.54 Å². The molecule has 0 fully saturated rings. The number of amidine groups is 1. The summed E-state index contributed by atoms with van der Waals surface area (Å²) < 4.78 is 0.308. The Morgan fingerprint density at radius 3 is 1.80 bits per heavy atom. The lowest BCUT2D eigenvalue weighted by Crippen LogP contribution is -2.52. The first-order valence-electron chi connectivity index (χ1n) is 14.8. The summed E-state index contributed by atoms with van der Waals surface area (Å²) >= 11 is 0. The SMILES string of the molecule is CCCCCC/C=C/CCCCCCCCCCCCCCCC1=NC=C[N+]1(CCN)CC(=O)O. The third-order valence-electron chi connectivity index (χ3n) is 7.20. The summed E-state index contributed by atoms with van der Waals surface area (Å²) in [7, 11) is 0. The van der Waals surface area contributed by atoms with E-state index in [2.05, 4.69) is 24.1 Å². The molecule has 0 radical (unpaired) electrons. The number of hydrogen-bond donors (Lipinski definition) is 2. The molecule has 1 aliphatic rings. The summed E-state index contributed by atoms with van der Waals surface area (Å²) in [6.07, 6.45) is 34.7. The zero-order chi connectivity index (χ0) is 25.5. The van der Waals surface area contributed by atoms with Gasteiger partial charge >= 0.3 is 5.97 Å². The summed E-state index contributed by atoms with van der Waals surface area (Å²) in [5.74, 6) is 0.168. The molecule has 1 unspecified atom stereocenters. The molecule has 0 saturated heterocycles. The number of carboxylic acids is 1. The fraction of sp³-hybridized carbons (Fsp3) is 0.800. The van der Waals surface area contributed by atoms with Gasteiger partial charge in [0.2, 0.25) is 5.84 Å². The maximum Gasteiger partial charge on any atom is 0.360 e. The molecule has 0 saturated carbocycles. The molecule has 35 heavy (non-hydrogen) atoms. The van der Waals surface area contributed by atoms with Crippen LogP contribution in [-0.2, 0) is 4.79 Å². The fourth-order valence-corrected chi connectivity index (χ4v) is 5.05. The van der Waals surface area contributed by atoms with Crippen molar-refractivity contribution in [1.29, 1.82) is 0 Å². The van der Waals surface area contributed by atoms with E-state index in [1.54, 1.807) is 6.20 Å². The van der Waals surface area contributed by atoms with Gasteiger partial charge in [-0.1, -0.05) is 109 Å². The Hall–Kier alpha value is -1.46. The van der Waals surface area contributed by atoms with Crippen LogP contribution in [0.2, 0.25) is 0 Å². The highest BCUT2D eigenvalue weighted by Crippen LogP contribution is 2.21. The minimum atomic E-state index is -0.797.